The van der Waals surface area contributed by atoms with Crippen molar-refractivity contribution in [1.82, 2.24) is 15.5 Å². The van der Waals surface area contributed by atoms with Crippen molar-refractivity contribution in [1.29, 1.82) is 0 Å². The molecule has 0 saturated carbocycles. The van der Waals surface area contributed by atoms with Crippen molar-refractivity contribution < 1.29 is 13.9 Å². The molecule has 1 aromatic heterocycles. The van der Waals surface area contributed by atoms with Gasteiger partial charge < -0.3 is 15.4 Å². The standard InChI is InChI=1S/C21H21FN4O2/c1-2-11-28-20-10-9-19(25-26-20)16-6-4-8-18(13-16)24-21(27)23-14-15-5-3-7-17(22)12-15/h3-10,12-13H,2,11,14H2,1H3,(H2,23,24,27). The van der Waals surface area contributed by atoms with Gasteiger partial charge in [-0.2, -0.15) is 0 Å². The lowest BCUT2D eigenvalue weighted by atomic mass is 10.1. The van der Waals surface area contributed by atoms with E-state index >= 15 is 0 Å². The van der Waals surface area contributed by atoms with Crippen molar-refractivity contribution in [3.05, 3.63) is 72.0 Å². The molecule has 3 rings (SSSR count). The zero-order valence-electron chi connectivity index (χ0n) is 15.5. The minimum Gasteiger partial charge on any atom is -0.477 e. The second-order valence-electron chi connectivity index (χ2n) is 6.12. The van der Waals surface area contributed by atoms with E-state index in [1.165, 1.54) is 12.1 Å². The van der Waals surface area contributed by atoms with E-state index in [1.807, 2.05) is 25.1 Å². The van der Waals surface area contributed by atoms with Crippen LogP contribution >= 0.6 is 0 Å². The van der Waals surface area contributed by atoms with Crippen LogP contribution in [0.1, 0.15) is 18.9 Å². The topological polar surface area (TPSA) is 76.1 Å². The smallest absolute Gasteiger partial charge is 0.319 e. The Kier molecular flexibility index (Phi) is 6.51. The number of hydrogen-bond donors (Lipinski definition) is 2. The first-order valence-corrected chi connectivity index (χ1v) is 9.00. The highest BCUT2D eigenvalue weighted by molar-refractivity contribution is 5.90. The average molecular weight is 380 g/mol. The number of amides is 2. The Labute approximate surface area is 162 Å². The summed E-state index contributed by atoms with van der Waals surface area (Å²) < 4.78 is 18.6. The Morgan fingerprint density at radius 2 is 1.93 bits per heavy atom. The Bertz CT molecular complexity index is 932. The molecule has 0 aliphatic heterocycles. The molecule has 28 heavy (non-hydrogen) atoms. The largest absolute Gasteiger partial charge is 0.477 e. The molecule has 0 unspecified atom stereocenters. The van der Waals surface area contributed by atoms with E-state index in [0.717, 1.165) is 12.0 Å². The molecule has 0 radical (unpaired) electrons. The van der Waals surface area contributed by atoms with Crippen LogP contribution in [-0.4, -0.2) is 22.8 Å². The van der Waals surface area contributed by atoms with Gasteiger partial charge in [-0.25, -0.2) is 9.18 Å². The van der Waals surface area contributed by atoms with E-state index in [-0.39, 0.29) is 18.4 Å². The van der Waals surface area contributed by atoms with Gasteiger partial charge in [-0.15, -0.1) is 10.2 Å². The third-order valence-corrected chi connectivity index (χ3v) is 3.85. The van der Waals surface area contributed by atoms with E-state index in [1.54, 1.807) is 30.3 Å². The van der Waals surface area contributed by atoms with Gasteiger partial charge >= 0.3 is 6.03 Å². The third kappa shape index (κ3) is 5.51. The Balaban J connectivity index is 1.60. The summed E-state index contributed by atoms with van der Waals surface area (Å²) in [6.07, 6.45) is 0.901. The normalized spacial score (nSPS) is 10.4. The summed E-state index contributed by atoms with van der Waals surface area (Å²) in [6.45, 7) is 2.85. The lowest BCUT2D eigenvalue weighted by Gasteiger charge is -2.09. The summed E-state index contributed by atoms with van der Waals surface area (Å²) in [5, 5.41) is 13.7. The number of benzene rings is 2. The number of hydrogen-bond acceptors (Lipinski definition) is 4. The molecule has 1 heterocycles. The number of nitrogens with zero attached hydrogens (tertiary/aromatic N) is 2. The number of halogens is 1. The van der Waals surface area contributed by atoms with Gasteiger partial charge in [0.2, 0.25) is 5.88 Å². The van der Waals surface area contributed by atoms with Crippen molar-refractivity contribution in [3.63, 3.8) is 0 Å². The highest BCUT2D eigenvalue weighted by Crippen LogP contribution is 2.21. The molecule has 2 N–H and O–H groups in total. The van der Waals surface area contributed by atoms with E-state index in [4.69, 9.17) is 4.74 Å². The molecule has 144 valence electrons. The highest BCUT2D eigenvalue weighted by Gasteiger charge is 2.06. The number of rotatable bonds is 7. The van der Waals surface area contributed by atoms with Gasteiger partial charge in [-0.3, -0.25) is 0 Å². The molecule has 0 aliphatic carbocycles. The van der Waals surface area contributed by atoms with Crippen LogP contribution in [0.3, 0.4) is 0 Å². The van der Waals surface area contributed by atoms with Gasteiger partial charge in [0.05, 0.1) is 12.3 Å². The van der Waals surface area contributed by atoms with Crippen LogP contribution in [0.5, 0.6) is 5.88 Å². The zero-order valence-corrected chi connectivity index (χ0v) is 15.5. The van der Waals surface area contributed by atoms with E-state index in [0.29, 0.717) is 29.4 Å². The summed E-state index contributed by atoms with van der Waals surface area (Å²) in [5.74, 6) is 0.149. The molecule has 0 spiro atoms. The van der Waals surface area contributed by atoms with Crippen LogP contribution in [0.4, 0.5) is 14.9 Å². The molecular formula is C21H21FN4O2. The molecular weight excluding hydrogens is 359 g/mol. The van der Waals surface area contributed by atoms with Gasteiger partial charge in [-0.05, 0) is 42.3 Å². The van der Waals surface area contributed by atoms with Crippen LogP contribution in [-0.2, 0) is 6.54 Å². The maximum absolute atomic E-state index is 13.2. The number of ether oxygens (including phenoxy) is 1. The van der Waals surface area contributed by atoms with Crippen molar-refractivity contribution in [2.24, 2.45) is 0 Å². The van der Waals surface area contributed by atoms with Crippen molar-refractivity contribution in [2.45, 2.75) is 19.9 Å². The van der Waals surface area contributed by atoms with Crippen LogP contribution < -0.4 is 15.4 Å². The average Bonchev–Trinajstić information content (AvgIpc) is 2.71. The SMILES string of the molecule is CCCOc1ccc(-c2cccc(NC(=O)NCc3cccc(F)c3)c2)nn1. The van der Waals surface area contributed by atoms with Crippen LogP contribution in [0, 0.1) is 5.82 Å². The second-order valence-corrected chi connectivity index (χ2v) is 6.12. The van der Waals surface area contributed by atoms with Crippen molar-refractivity contribution in [3.8, 4) is 17.1 Å². The van der Waals surface area contributed by atoms with Gasteiger partial charge in [-0.1, -0.05) is 31.2 Å². The lowest BCUT2D eigenvalue weighted by molar-refractivity contribution is 0.251. The Morgan fingerprint density at radius 1 is 1.07 bits per heavy atom. The number of nitrogens with one attached hydrogen (secondary N) is 2. The highest BCUT2D eigenvalue weighted by atomic mass is 19.1. The first kappa shape index (κ1) is 19.3. The van der Waals surface area contributed by atoms with E-state index in [2.05, 4.69) is 20.8 Å². The summed E-state index contributed by atoms with van der Waals surface area (Å²) in [5.41, 5.74) is 2.79. The molecule has 0 bridgehead atoms. The molecule has 0 atom stereocenters. The number of aromatic nitrogens is 2. The molecule has 6 nitrogen and oxygen atoms in total. The maximum Gasteiger partial charge on any atom is 0.319 e. The summed E-state index contributed by atoms with van der Waals surface area (Å²) in [6, 6.07) is 16.6. The fourth-order valence-corrected chi connectivity index (χ4v) is 2.52. The molecule has 3 aromatic rings. The predicted molar refractivity (Wildman–Crippen MR) is 106 cm³/mol. The number of anilines is 1. The van der Waals surface area contributed by atoms with E-state index < -0.39 is 0 Å². The van der Waals surface area contributed by atoms with Gasteiger partial charge in [0, 0.05) is 23.9 Å². The predicted octanol–water partition coefficient (Wildman–Crippen LogP) is 4.39. The summed E-state index contributed by atoms with van der Waals surface area (Å²) in [7, 11) is 0. The van der Waals surface area contributed by atoms with Gasteiger partial charge in [0.25, 0.3) is 0 Å². The Morgan fingerprint density at radius 3 is 2.68 bits per heavy atom. The molecule has 0 aliphatic rings. The third-order valence-electron chi connectivity index (χ3n) is 3.85. The summed E-state index contributed by atoms with van der Waals surface area (Å²) >= 11 is 0. The van der Waals surface area contributed by atoms with Crippen LogP contribution in [0.15, 0.2) is 60.7 Å². The molecule has 2 aromatic carbocycles. The molecule has 7 heteroatoms. The first-order valence-electron chi connectivity index (χ1n) is 9.00. The first-order chi connectivity index (χ1) is 13.6. The fraction of sp³-hybridized carbons (Fsp3) is 0.190. The quantitative estimate of drug-likeness (QED) is 0.637. The zero-order chi connectivity index (χ0) is 19.8. The number of carbonyl (C=O) groups is 1. The minimum atomic E-state index is -0.379. The monoisotopic (exact) mass is 380 g/mol. The van der Waals surface area contributed by atoms with E-state index in [9.17, 15) is 9.18 Å². The molecule has 0 saturated heterocycles. The minimum absolute atomic E-state index is 0.230. The van der Waals surface area contributed by atoms with Crippen molar-refractivity contribution in [2.75, 3.05) is 11.9 Å². The second kappa shape index (κ2) is 9.45. The number of urea groups is 1. The van der Waals surface area contributed by atoms with Gasteiger partial charge in [0.15, 0.2) is 0 Å². The molecule has 0 fully saturated rings. The van der Waals surface area contributed by atoms with Crippen LogP contribution in [0.25, 0.3) is 11.3 Å². The van der Waals surface area contributed by atoms with Gasteiger partial charge in [0.1, 0.15) is 5.82 Å². The summed E-state index contributed by atoms with van der Waals surface area (Å²) in [4.78, 5) is 12.1. The maximum atomic E-state index is 13.2. The lowest BCUT2D eigenvalue weighted by Crippen LogP contribution is -2.28. The van der Waals surface area contributed by atoms with Crippen LogP contribution in [0.2, 0.25) is 0 Å². The Hall–Kier alpha value is -3.48. The fourth-order valence-electron chi connectivity index (χ4n) is 2.52. The number of carbonyl (C=O) groups excluding carboxylic acids is 1. The van der Waals surface area contributed by atoms with Crippen molar-refractivity contribution >= 4 is 11.7 Å². The molecule has 2 amide bonds.